The van der Waals surface area contributed by atoms with Crippen molar-refractivity contribution in [3.63, 3.8) is 0 Å². The lowest BCUT2D eigenvalue weighted by atomic mass is 9.98. The number of hydrogen-bond donors (Lipinski definition) is 0. The Bertz CT molecular complexity index is 680. The molecule has 4 nitrogen and oxygen atoms in total. The van der Waals surface area contributed by atoms with E-state index in [1.54, 1.807) is 7.11 Å². The second-order valence-electron chi connectivity index (χ2n) is 5.89. The van der Waals surface area contributed by atoms with Gasteiger partial charge in [-0.25, -0.2) is 0 Å². The van der Waals surface area contributed by atoms with Crippen LogP contribution in [0.25, 0.3) is 10.8 Å². The lowest BCUT2D eigenvalue weighted by Gasteiger charge is -2.18. The van der Waals surface area contributed by atoms with Crippen LogP contribution in [0.2, 0.25) is 0 Å². The van der Waals surface area contributed by atoms with Gasteiger partial charge in [0.2, 0.25) is 0 Å². The van der Waals surface area contributed by atoms with E-state index >= 15 is 0 Å². The number of carbonyl (C=O) groups is 1. The zero-order valence-electron chi connectivity index (χ0n) is 15.0. The average molecular weight is 329 g/mol. The molecule has 0 saturated carbocycles. The number of fused-ring (bicyclic) bond motifs is 1. The van der Waals surface area contributed by atoms with Crippen molar-refractivity contribution < 1.29 is 14.3 Å². The van der Waals surface area contributed by atoms with Gasteiger partial charge < -0.3 is 14.4 Å². The molecular weight excluding hydrogens is 302 g/mol. The molecule has 0 amide bonds. The smallest absolute Gasteiger partial charge is 0.313 e. The van der Waals surface area contributed by atoms with Crippen LogP contribution in [-0.4, -0.2) is 44.2 Å². The summed E-state index contributed by atoms with van der Waals surface area (Å²) in [6, 6.07) is 12.0. The van der Waals surface area contributed by atoms with E-state index in [0.717, 1.165) is 41.7 Å². The predicted molar refractivity (Wildman–Crippen MR) is 97.7 cm³/mol. The SMILES string of the molecule is CCN(CC)CCOC(=O)[C@@H](C)c1ccc2cc(OC)ccc2c1. The van der Waals surface area contributed by atoms with E-state index in [9.17, 15) is 4.79 Å². The fourth-order valence-electron chi connectivity index (χ4n) is 2.71. The minimum atomic E-state index is -0.270. The van der Waals surface area contributed by atoms with Crippen molar-refractivity contribution in [2.45, 2.75) is 26.7 Å². The number of ether oxygens (including phenoxy) is 2. The zero-order valence-corrected chi connectivity index (χ0v) is 15.0. The first-order valence-electron chi connectivity index (χ1n) is 8.55. The van der Waals surface area contributed by atoms with E-state index in [1.165, 1.54) is 0 Å². The van der Waals surface area contributed by atoms with Crippen LogP contribution in [0, 0.1) is 0 Å². The Hall–Kier alpha value is -2.07. The van der Waals surface area contributed by atoms with Gasteiger partial charge in [0.05, 0.1) is 13.0 Å². The molecule has 0 heterocycles. The van der Waals surface area contributed by atoms with E-state index in [2.05, 4.69) is 18.7 Å². The maximum atomic E-state index is 12.3. The van der Waals surface area contributed by atoms with Crippen molar-refractivity contribution in [3.8, 4) is 5.75 Å². The van der Waals surface area contributed by atoms with Crippen LogP contribution in [0.1, 0.15) is 32.3 Å². The highest BCUT2D eigenvalue weighted by molar-refractivity contribution is 5.86. The van der Waals surface area contributed by atoms with Crippen molar-refractivity contribution in [1.82, 2.24) is 4.90 Å². The number of nitrogens with zero attached hydrogens (tertiary/aromatic N) is 1. The van der Waals surface area contributed by atoms with Crippen LogP contribution in [0.5, 0.6) is 5.75 Å². The van der Waals surface area contributed by atoms with Gasteiger partial charge in [-0.1, -0.05) is 38.1 Å². The van der Waals surface area contributed by atoms with Crippen LogP contribution >= 0.6 is 0 Å². The zero-order chi connectivity index (χ0) is 17.5. The highest BCUT2D eigenvalue weighted by Gasteiger charge is 2.17. The summed E-state index contributed by atoms with van der Waals surface area (Å²) in [5.74, 6) is 0.391. The first kappa shape index (κ1) is 18.3. The first-order chi connectivity index (χ1) is 11.6. The second-order valence-corrected chi connectivity index (χ2v) is 5.89. The lowest BCUT2D eigenvalue weighted by Crippen LogP contribution is -2.28. The Labute approximate surface area is 144 Å². The summed E-state index contributed by atoms with van der Waals surface area (Å²) in [4.78, 5) is 14.5. The average Bonchev–Trinajstić information content (AvgIpc) is 2.63. The summed E-state index contributed by atoms with van der Waals surface area (Å²) in [6.07, 6.45) is 0. The van der Waals surface area contributed by atoms with E-state index in [0.29, 0.717) is 6.61 Å². The Kier molecular flexibility index (Phi) is 6.62. The largest absolute Gasteiger partial charge is 0.497 e. The van der Waals surface area contributed by atoms with Gasteiger partial charge in [-0.2, -0.15) is 0 Å². The standard InChI is InChI=1S/C20H27NO3/c1-5-21(6-2)11-12-24-20(22)15(3)16-7-8-18-14-19(23-4)10-9-17(18)13-16/h7-10,13-15H,5-6,11-12H2,1-4H3/t15-/m0/s1. The van der Waals surface area contributed by atoms with Gasteiger partial charge in [0.25, 0.3) is 0 Å². The molecule has 0 saturated heterocycles. The fourth-order valence-corrected chi connectivity index (χ4v) is 2.71. The Morgan fingerprint density at radius 3 is 2.42 bits per heavy atom. The quantitative estimate of drug-likeness (QED) is 0.690. The Morgan fingerprint density at radius 2 is 1.75 bits per heavy atom. The van der Waals surface area contributed by atoms with E-state index in [4.69, 9.17) is 9.47 Å². The summed E-state index contributed by atoms with van der Waals surface area (Å²) < 4.78 is 10.7. The maximum absolute atomic E-state index is 12.3. The van der Waals surface area contributed by atoms with Gasteiger partial charge in [-0.15, -0.1) is 0 Å². The number of esters is 1. The maximum Gasteiger partial charge on any atom is 0.313 e. The molecule has 0 aliphatic rings. The van der Waals surface area contributed by atoms with Gasteiger partial charge in [0.15, 0.2) is 0 Å². The summed E-state index contributed by atoms with van der Waals surface area (Å²) in [7, 11) is 1.66. The topological polar surface area (TPSA) is 38.8 Å². The number of carbonyl (C=O) groups excluding carboxylic acids is 1. The molecule has 0 aliphatic heterocycles. The summed E-state index contributed by atoms with van der Waals surface area (Å²) in [5.41, 5.74) is 0.973. The van der Waals surface area contributed by atoms with Crippen LogP contribution < -0.4 is 4.74 Å². The van der Waals surface area contributed by atoms with Gasteiger partial charge in [0, 0.05) is 6.54 Å². The van der Waals surface area contributed by atoms with E-state index < -0.39 is 0 Å². The third-order valence-corrected chi connectivity index (χ3v) is 4.47. The van der Waals surface area contributed by atoms with Crippen molar-refractivity contribution in [2.24, 2.45) is 0 Å². The first-order valence-corrected chi connectivity index (χ1v) is 8.55. The molecule has 2 aromatic carbocycles. The molecule has 2 rings (SSSR count). The molecule has 0 radical (unpaired) electrons. The molecule has 0 spiro atoms. The molecule has 0 fully saturated rings. The normalized spacial score (nSPS) is 12.4. The highest BCUT2D eigenvalue weighted by atomic mass is 16.5. The predicted octanol–water partition coefficient (Wildman–Crippen LogP) is 3.84. The third kappa shape index (κ3) is 4.48. The van der Waals surface area contributed by atoms with E-state index in [1.807, 2.05) is 43.3 Å². The number of methoxy groups -OCH3 is 1. The Balaban J connectivity index is 2.01. The third-order valence-electron chi connectivity index (χ3n) is 4.47. The van der Waals surface area contributed by atoms with Crippen molar-refractivity contribution >= 4 is 16.7 Å². The fraction of sp³-hybridized carbons (Fsp3) is 0.450. The van der Waals surface area contributed by atoms with E-state index in [-0.39, 0.29) is 11.9 Å². The summed E-state index contributed by atoms with van der Waals surface area (Å²) in [5, 5.41) is 2.19. The second kappa shape index (κ2) is 8.69. The van der Waals surface area contributed by atoms with Gasteiger partial charge in [-0.05, 0) is 48.5 Å². The lowest BCUT2D eigenvalue weighted by molar-refractivity contribution is -0.145. The molecule has 24 heavy (non-hydrogen) atoms. The van der Waals surface area contributed by atoms with Crippen LogP contribution in [-0.2, 0) is 9.53 Å². The minimum Gasteiger partial charge on any atom is -0.497 e. The monoisotopic (exact) mass is 329 g/mol. The summed E-state index contributed by atoms with van der Waals surface area (Å²) in [6.45, 7) is 9.27. The molecular formula is C20H27NO3. The number of benzene rings is 2. The molecule has 0 N–H and O–H groups in total. The highest BCUT2D eigenvalue weighted by Crippen LogP contribution is 2.25. The molecule has 0 aromatic heterocycles. The molecule has 0 bridgehead atoms. The molecule has 0 aliphatic carbocycles. The number of rotatable bonds is 8. The van der Waals surface area contributed by atoms with Crippen LogP contribution in [0.3, 0.4) is 0 Å². The Morgan fingerprint density at radius 1 is 1.08 bits per heavy atom. The van der Waals surface area contributed by atoms with Crippen LogP contribution in [0.4, 0.5) is 0 Å². The summed E-state index contributed by atoms with van der Waals surface area (Å²) >= 11 is 0. The molecule has 1 atom stereocenters. The molecule has 2 aromatic rings. The van der Waals surface area contributed by atoms with Crippen LogP contribution in [0.15, 0.2) is 36.4 Å². The van der Waals surface area contributed by atoms with Crippen molar-refractivity contribution in [2.75, 3.05) is 33.4 Å². The van der Waals surface area contributed by atoms with Gasteiger partial charge >= 0.3 is 5.97 Å². The minimum absolute atomic E-state index is 0.171. The number of likely N-dealkylation sites (N-methyl/N-ethyl adjacent to an activating group) is 1. The molecule has 4 heteroatoms. The molecule has 0 unspecified atom stereocenters. The molecule has 130 valence electrons. The number of hydrogen-bond acceptors (Lipinski definition) is 4. The van der Waals surface area contributed by atoms with Crippen molar-refractivity contribution in [1.29, 1.82) is 0 Å². The van der Waals surface area contributed by atoms with Gasteiger partial charge in [-0.3, -0.25) is 4.79 Å². The van der Waals surface area contributed by atoms with Crippen molar-refractivity contribution in [3.05, 3.63) is 42.0 Å². The van der Waals surface area contributed by atoms with Gasteiger partial charge in [0.1, 0.15) is 12.4 Å².